The van der Waals surface area contributed by atoms with E-state index in [1.54, 1.807) is 17.4 Å². The van der Waals surface area contributed by atoms with E-state index in [4.69, 9.17) is 0 Å². The van der Waals surface area contributed by atoms with Crippen LogP contribution in [0.5, 0.6) is 0 Å². The Morgan fingerprint density at radius 3 is 2.84 bits per heavy atom. The molecule has 0 unspecified atom stereocenters. The molecule has 5 nitrogen and oxygen atoms in total. The topological polar surface area (TPSA) is 60.4 Å². The molecular formula is C13H17N3O2S. The summed E-state index contributed by atoms with van der Waals surface area (Å²) in [6.07, 6.45) is 2.12. The summed E-state index contributed by atoms with van der Waals surface area (Å²) in [7, 11) is 0. The second kappa shape index (κ2) is 5.13. The van der Waals surface area contributed by atoms with E-state index in [-0.39, 0.29) is 16.5 Å². The largest absolute Gasteiger partial charge is 0.288 e. The van der Waals surface area contributed by atoms with Crippen molar-refractivity contribution in [1.29, 1.82) is 0 Å². The van der Waals surface area contributed by atoms with Gasteiger partial charge in [-0.25, -0.2) is 4.98 Å². The minimum atomic E-state index is -0.291. The lowest BCUT2D eigenvalue weighted by Gasteiger charge is -2.03. The quantitative estimate of drug-likeness (QED) is 0.633. The Balaban J connectivity index is 2.56. The molecule has 0 aliphatic rings. The molecule has 2 aromatic rings. The molecule has 0 saturated carbocycles. The number of thiazole rings is 1. The number of rotatable bonds is 4. The number of imidazole rings is 1. The van der Waals surface area contributed by atoms with E-state index >= 15 is 0 Å². The molecular weight excluding hydrogens is 262 g/mol. The van der Waals surface area contributed by atoms with Gasteiger partial charge in [-0.2, -0.15) is 0 Å². The van der Waals surface area contributed by atoms with Gasteiger partial charge >= 0.3 is 0 Å². The summed E-state index contributed by atoms with van der Waals surface area (Å²) in [4.78, 5) is 16.2. The highest BCUT2D eigenvalue weighted by Gasteiger charge is 2.17. The molecule has 2 heterocycles. The minimum Gasteiger partial charge on any atom is -0.288 e. The van der Waals surface area contributed by atoms with Gasteiger partial charge in [0, 0.05) is 23.6 Å². The van der Waals surface area contributed by atoms with Crippen LogP contribution in [0, 0.1) is 29.9 Å². The van der Waals surface area contributed by atoms with Crippen molar-refractivity contribution < 1.29 is 4.92 Å². The van der Waals surface area contributed by atoms with Crippen molar-refractivity contribution in [2.75, 3.05) is 0 Å². The zero-order valence-corrected chi connectivity index (χ0v) is 12.3. The van der Waals surface area contributed by atoms with Crippen molar-refractivity contribution in [2.45, 2.75) is 34.1 Å². The summed E-state index contributed by atoms with van der Waals surface area (Å²) < 4.78 is 1.98. The molecule has 0 amide bonds. The van der Waals surface area contributed by atoms with Crippen LogP contribution < -0.4 is 0 Å². The molecule has 2 rings (SSSR count). The zero-order valence-electron chi connectivity index (χ0n) is 11.5. The van der Waals surface area contributed by atoms with Crippen molar-refractivity contribution >= 4 is 22.4 Å². The number of hydrogen-bond acceptors (Lipinski definition) is 4. The van der Waals surface area contributed by atoms with E-state index < -0.39 is 0 Å². The third-order valence-corrected chi connectivity index (χ3v) is 3.85. The lowest BCUT2D eigenvalue weighted by Crippen LogP contribution is -2.03. The predicted molar refractivity (Wildman–Crippen MR) is 77.0 cm³/mol. The van der Waals surface area contributed by atoms with Crippen LogP contribution in [-0.2, 0) is 0 Å². The molecule has 2 aromatic heterocycles. The molecule has 0 fully saturated rings. The average Bonchev–Trinajstić information content (AvgIpc) is 2.79. The highest BCUT2D eigenvalue weighted by molar-refractivity contribution is 7.15. The lowest BCUT2D eigenvalue weighted by atomic mass is 10.1. The van der Waals surface area contributed by atoms with Gasteiger partial charge in [-0.15, -0.1) is 11.3 Å². The Kier molecular flexibility index (Phi) is 3.71. The van der Waals surface area contributed by atoms with Crippen LogP contribution in [0.3, 0.4) is 0 Å². The Morgan fingerprint density at radius 2 is 2.26 bits per heavy atom. The van der Waals surface area contributed by atoms with Gasteiger partial charge < -0.3 is 0 Å². The summed E-state index contributed by atoms with van der Waals surface area (Å²) in [6.45, 7) is 7.83. The molecule has 0 aliphatic carbocycles. The van der Waals surface area contributed by atoms with Crippen molar-refractivity contribution in [1.82, 2.24) is 9.38 Å². The fourth-order valence-electron chi connectivity index (χ4n) is 2.06. The maximum absolute atomic E-state index is 11.1. The zero-order chi connectivity index (χ0) is 14.2. The van der Waals surface area contributed by atoms with Crippen LogP contribution in [-0.4, -0.2) is 14.3 Å². The Hall–Kier alpha value is -1.69. The van der Waals surface area contributed by atoms with Crippen LogP contribution in [0.25, 0.3) is 11.0 Å². The summed E-state index contributed by atoms with van der Waals surface area (Å²) in [5, 5.41) is 13.1. The van der Waals surface area contributed by atoms with Gasteiger partial charge in [-0.3, -0.25) is 14.5 Å². The van der Waals surface area contributed by atoms with Crippen LogP contribution >= 0.6 is 11.3 Å². The highest BCUT2D eigenvalue weighted by Crippen LogP contribution is 2.24. The molecule has 0 aliphatic heterocycles. The molecule has 0 bridgehead atoms. The number of nitro groups is 1. The average molecular weight is 279 g/mol. The van der Waals surface area contributed by atoms with E-state index in [1.807, 2.05) is 37.5 Å². The lowest BCUT2D eigenvalue weighted by molar-refractivity contribution is -0.427. The highest BCUT2D eigenvalue weighted by atomic mass is 32.1. The van der Waals surface area contributed by atoms with Crippen molar-refractivity contribution in [2.24, 2.45) is 5.92 Å². The molecule has 102 valence electrons. The normalized spacial score (nSPS) is 12.6. The van der Waals surface area contributed by atoms with Crippen molar-refractivity contribution in [3.05, 3.63) is 38.3 Å². The monoisotopic (exact) mass is 279 g/mol. The molecule has 0 saturated heterocycles. The van der Waals surface area contributed by atoms with E-state index in [1.165, 1.54) is 0 Å². The molecule has 0 N–H and O–H groups in total. The fraction of sp³-hybridized carbons (Fsp3) is 0.462. The molecule has 0 spiro atoms. The van der Waals surface area contributed by atoms with Crippen LogP contribution in [0.1, 0.15) is 37.4 Å². The van der Waals surface area contributed by atoms with Crippen molar-refractivity contribution in [3.8, 4) is 0 Å². The molecule has 0 atom stereocenters. The molecule has 0 radical (unpaired) electrons. The third-order valence-electron chi connectivity index (χ3n) is 2.91. The predicted octanol–water partition coefficient (Wildman–Crippen LogP) is 3.68. The first-order valence-corrected chi connectivity index (χ1v) is 7.06. The number of hydrogen-bond donors (Lipinski definition) is 0. The fourth-order valence-corrected chi connectivity index (χ4v) is 2.98. The molecule has 6 heteroatoms. The SMILES string of the molecule is Cc1nc2scc(C)n2c1C=C(CC(C)C)[N+](=O)[O-]. The number of aromatic nitrogens is 2. The van der Waals surface area contributed by atoms with Crippen LogP contribution in [0.4, 0.5) is 0 Å². The first kappa shape index (κ1) is 13.7. The number of aryl methyl sites for hydroxylation is 2. The second-order valence-electron chi connectivity index (χ2n) is 5.07. The number of allylic oxidation sites excluding steroid dienone is 1. The smallest absolute Gasteiger partial charge is 0.248 e. The van der Waals surface area contributed by atoms with Gasteiger partial charge in [0.15, 0.2) is 4.96 Å². The van der Waals surface area contributed by atoms with Gasteiger partial charge in [0.1, 0.15) is 0 Å². The van der Waals surface area contributed by atoms with E-state index in [9.17, 15) is 10.1 Å². The Morgan fingerprint density at radius 1 is 1.58 bits per heavy atom. The van der Waals surface area contributed by atoms with Crippen LogP contribution in [0.15, 0.2) is 11.1 Å². The second-order valence-corrected chi connectivity index (χ2v) is 5.90. The Bertz CT molecular complexity index is 652. The van der Waals surface area contributed by atoms with Gasteiger partial charge in [0.05, 0.1) is 16.3 Å². The minimum absolute atomic E-state index is 0.241. The first-order valence-electron chi connectivity index (χ1n) is 6.18. The Labute approximate surface area is 115 Å². The maximum Gasteiger partial charge on any atom is 0.248 e. The maximum atomic E-state index is 11.1. The van der Waals surface area contributed by atoms with Crippen LogP contribution in [0.2, 0.25) is 0 Å². The van der Waals surface area contributed by atoms with E-state index in [0.717, 1.165) is 22.0 Å². The van der Waals surface area contributed by atoms with Crippen molar-refractivity contribution in [3.63, 3.8) is 0 Å². The molecule has 19 heavy (non-hydrogen) atoms. The standard InChI is InChI=1S/C13H17N3O2S/c1-8(2)5-11(16(17)18)6-12-10(4)14-13-15(12)9(3)7-19-13/h6-8H,5H2,1-4H3. The van der Waals surface area contributed by atoms with Gasteiger partial charge in [-0.05, 0) is 19.8 Å². The summed E-state index contributed by atoms with van der Waals surface area (Å²) >= 11 is 1.55. The summed E-state index contributed by atoms with van der Waals surface area (Å²) in [5.41, 5.74) is 2.95. The van der Waals surface area contributed by atoms with E-state index in [0.29, 0.717) is 6.42 Å². The van der Waals surface area contributed by atoms with E-state index in [2.05, 4.69) is 4.98 Å². The van der Waals surface area contributed by atoms with Gasteiger partial charge in [-0.1, -0.05) is 13.8 Å². The summed E-state index contributed by atoms with van der Waals surface area (Å²) in [6, 6.07) is 0. The van der Waals surface area contributed by atoms with Gasteiger partial charge in [0.2, 0.25) is 5.70 Å². The first-order chi connectivity index (χ1) is 8.90. The number of nitrogens with zero attached hydrogens (tertiary/aromatic N) is 3. The van der Waals surface area contributed by atoms with Gasteiger partial charge in [0.25, 0.3) is 0 Å². The number of fused-ring (bicyclic) bond motifs is 1. The molecule has 0 aromatic carbocycles. The summed E-state index contributed by atoms with van der Waals surface area (Å²) in [5.74, 6) is 0.254. The third kappa shape index (κ3) is 2.68.